The molecule has 1 heterocycles. The largest absolute Gasteiger partial charge is 0.469 e. The summed E-state index contributed by atoms with van der Waals surface area (Å²) in [5.74, 6) is 3.74. The van der Waals surface area contributed by atoms with Gasteiger partial charge in [-0.2, -0.15) is 0 Å². The summed E-state index contributed by atoms with van der Waals surface area (Å²) in [6.45, 7) is 7.35. The summed E-state index contributed by atoms with van der Waals surface area (Å²) in [6, 6.07) is 14.7. The third-order valence-electron chi connectivity index (χ3n) is 11.1. The Labute approximate surface area is 216 Å². The highest BCUT2D eigenvalue weighted by molar-refractivity contribution is 5.66. The van der Waals surface area contributed by atoms with Crippen LogP contribution in [0.1, 0.15) is 89.4 Å². The Kier molecular flexibility index (Phi) is 6.30. The average Bonchev–Trinajstić information content (AvgIpc) is 3.49. The van der Waals surface area contributed by atoms with E-state index in [1.165, 1.54) is 44.1 Å². The van der Waals surface area contributed by atoms with E-state index in [0.717, 1.165) is 31.1 Å². The Balaban J connectivity index is 1.21. The molecule has 1 aromatic heterocycles. The van der Waals surface area contributed by atoms with Crippen LogP contribution in [0.5, 0.6) is 0 Å². The highest BCUT2D eigenvalue weighted by Gasteiger charge is 2.64. The molecule has 2 aromatic rings. The van der Waals surface area contributed by atoms with Crippen molar-refractivity contribution in [3.05, 3.63) is 60.1 Å². The summed E-state index contributed by atoms with van der Waals surface area (Å²) < 4.78 is 18.5. The molecule has 4 fully saturated rings. The number of carbonyl (C=O) groups is 1. The summed E-state index contributed by atoms with van der Waals surface area (Å²) >= 11 is 0. The Bertz CT molecular complexity index is 1050. The van der Waals surface area contributed by atoms with E-state index < -0.39 is 0 Å². The van der Waals surface area contributed by atoms with Crippen molar-refractivity contribution in [1.29, 1.82) is 0 Å². The second kappa shape index (κ2) is 9.35. The van der Waals surface area contributed by atoms with Crippen molar-refractivity contribution in [2.24, 2.45) is 34.5 Å². The summed E-state index contributed by atoms with van der Waals surface area (Å²) in [6.07, 6.45) is 11.7. The van der Waals surface area contributed by atoms with E-state index in [9.17, 15) is 4.79 Å². The van der Waals surface area contributed by atoms with Crippen molar-refractivity contribution in [2.75, 3.05) is 0 Å². The number of benzene rings is 1. The van der Waals surface area contributed by atoms with E-state index in [-0.39, 0.29) is 17.5 Å². The SMILES string of the molecule is CC(=O)O[C@@H]1CC(c2ccco2)[C@@]2(C)CC[C@H]3[C@@H](CCC4C[C@@H](OCc5ccccc5)CC[C@@]43C)C12. The number of hydrogen-bond acceptors (Lipinski definition) is 4. The summed E-state index contributed by atoms with van der Waals surface area (Å²) in [5.41, 5.74) is 1.75. The molecule has 1 aromatic carbocycles. The molecule has 4 aliphatic carbocycles. The van der Waals surface area contributed by atoms with Gasteiger partial charge < -0.3 is 13.9 Å². The van der Waals surface area contributed by atoms with Gasteiger partial charge in [-0.15, -0.1) is 0 Å². The topological polar surface area (TPSA) is 48.7 Å². The van der Waals surface area contributed by atoms with E-state index >= 15 is 0 Å². The zero-order chi connectivity index (χ0) is 24.9. The number of rotatable bonds is 5. The Morgan fingerprint density at radius 1 is 0.972 bits per heavy atom. The van der Waals surface area contributed by atoms with Crippen LogP contribution in [0.3, 0.4) is 0 Å². The predicted octanol–water partition coefficient (Wildman–Crippen LogP) is 7.53. The van der Waals surface area contributed by atoms with Gasteiger partial charge in [0.1, 0.15) is 11.9 Å². The quantitative estimate of drug-likeness (QED) is 0.406. The highest BCUT2D eigenvalue weighted by Crippen LogP contribution is 2.69. The number of hydrogen-bond donors (Lipinski definition) is 0. The number of carbonyl (C=O) groups excluding carboxylic acids is 1. The first-order valence-corrected chi connectivity index (χ1v) is 14.2. The van der Waals surface area contributed by atoms with Crippen molar-refractivity contribution in [3.63, 3.8) is 0 Å². The van der Waals surface area contributed by atoms with Crippen molar-refractivity contribution >= 4 is 5.97 Å². The normalized spacial score (nSPS) is 41.7. The van der Waals surface area contributed by atoms with E-state index in [0.29, 0.717) is 35.2 Å². The molecule has 6 rings (SSSR count). The number of esters is 1. The van der Waals surface area contributed by atoms with Crippen LogP contribution in [0.2, 0.25) is 0 Å². The molecule has 3 unspecified atom stereocenters. The van der Waals surface area contributed by atoms with Gasteiger partial charge in [0.2, 0.25) is 0 Å². The first-order chi connectivity index (χ1) is 17.4. The van der Waals surface area contributed by atoms with Crippen LogP contribution in [0.25, 0.3) is 0 Å². The smallest absolute Gasteiger partial charge is 0.302 e. The Hall–Kier alpha value is -2.07. The molecule has 194 valence electrons. The minimum Gasteiger partial charge on any atom is -0.469 e. The molecule has 4 nitrogen and oxygen atoms in total. The number of furan rings is 1. The van der Waals surface area contributed by atoms with Crippen LogP contribution in [0, 0.1) is 34.5 Å². The monoisotopic (exact) mass is 490 g/mol. The van der Waals surface area contributed by atoms with E-state index in [1.807, 2.05) is 6.07 Å². The second-order valence-electron chi connectivity index (χ2n) is 12.8. The van der Waals surface area contributed by atoms with Crippen molar-refractivity contribution in [1.82, 2.24) is 0 Å². The lowest BCUT2D eigenvalue weighted by atomic mass is 9.44. The molecule has 0 spiro atoms. The van der Waals surface area contributed by atoms with Crippen molar-refractivity contribution < 1.29 is 18.7 Å². The van der Waals surface area contributed by atoms with Crippen molar-refractivity contribution in [2.45, 2.75) is 96.9 Å². The predicted molar refractivity (Wildman–Crippen MR) is 139 cm³/mol. The van der Waals surface area contributed by atoms with Crippen LogP contribution >= 0.6 is 0 Å². The lowest BCUT2D eigenvalue weighted by Crippen LogP contribution is -2.55. The van der Waals surface area contributed by atoms with Gasteiger partial charge >= 0.3 is 5.97 Å². The fraction of sp³-hybridized carbons (Fsp3) is 0.656. The fourth-order valence-electron chi connectivity index (χ4n) is 9.46. The molecule has 4 aliphatic rings. The first kappa shape index (κ1) is 24.3. The third kappa shape index (κ3) is 4.04. The Morgan fingerprint density at radius 3 is 2.53 bits per heavy atom. The minimum atomic E-state index is -0.138. The lowest BCUT2D eigenvalue weighted by molar-refractivity contribution is -0.165. The molecule has 0 saturated heterocycles. The maximum Gasteiger partial charge on any atom is 0.302 e. The first-order valence-electron chi connectivity index (χ1n) is 14.2. The molecule has 0 N–H and O–H groups in total. The lowest BCUT2D eigenvalue weighted by Gasteiger charge is -2.61. The maximum absolute atomic E-state index is 12.2. The van der Waals surface area contributed by atoms with Gasteiger partial charge in [0.15, 0.2) is 0 Å². The van der Waals surface area contributed by atoms with Crippen LogP contribution < -0.4 is 0 Å². The molecule has 0 bridgehead atoms. The van der Waals surface area contributed by atoms with Crippen LogP contribution in [-0.4, -0.2) is 18.2 Å². The average molecular weight is 491 g/mol. The molecule has 0 aliphatic heterocycles. The molecular weight excluding hydrogens is 448 g/mol. The van der Waals surface area contributed by atoms with E-state index in [2.05, 4.69) is 50.2 Å². The molecule has 0 radical (unpaired) electrons. The number of ether oxygens (including phenoxy) is 2. The van der Waals surface area contributed by atoms with Gasteiger partial charge in [0.05, 0.1) is 19.0 Å². The zero-order valence-corrected chi connectivity index (χ0v) is 22.2. The van der Waals surface area contributed by atoms with Gasteiger partial charge in [-0.3, -0.25) is 4.79 Å². The molecule has 4 saturated carbocycles. The fourth-order valence-corrected chi connectivity index (χ4v) is 9.46. The maximum atomic E-state index is 12.2. The standard InChI is InChI=1S/C32H42O4/c1-21(33)36-29-19-27(28-10-7-17-34-28)32(3)16-14-26-25(30(29)32)12-11-23-18-24(13-15-31(23,26)2)35-20-22-8-5-4-6-9-22/h4-10,17,23-27,29-30H,11-16,18-20H2,1-3H3/t23?,24-,25+,26-,27?,29+,30?,31-,32+/m0/s1. The van der Waals surface area contributed by atoms with E-state index in [4.69, 9.17) is 13.9 Å². The van der Waals surface area contributed by atoms with Crippen LogP contribution in [-0.2, 0) is 20.9 Å². The minimum absolute atomic E-state index is 0.00101. The van der Waals surface area contributed by atoms with E-state index in [1.54, 1.807) is 13.2 Å². The van der Waals surface area contributed by atoms with Crippen LogP contribution in [0.4, 0.5) is 0 Å². The third-order valence-corrected chi connectivity index (χ3v) is 11.1. The second-order valence-corrected chi connectivity index (χ2v) is 12.8. The van der Waals surface area contributed by atoms with Gasteiger partial charge in [0.25, 0.3) is 0 Å². The van der Waals surface area contributed by atoms with Gasteiger partial charge in [0, 0.05) is 18.8 Å². The van der Waals surface area contributed by atoms with Gasteiger partial charge in [-0.05, 0) is 97.6 Å². The van der Waals surface area contributed by atoms with Crippen LogP contribution in [0.15, 0.2) is 53.1 Å². The van der Waals surface area contributed by atoms with Gasteiger partial charge in [-0.25, -0.2) is 0 Å². The summed E-state index contributed by atoms with van der Waals surface area (Å²) in [5, 5.41) is 0. The van der Waals surface area contributed by atoms with Gasteiger partial charge in [-0.1, -0.05) is 44.2 Å². The molecular formula is C32H42O4. The number of fused-ring (bicyclic) bond motifs is 5. The molecule has 36 heavy (non-hydrogen) atoms. The molecule has 9 atom stereocenters. The Morgan fingerprint density at radius 2 is 1.78 bits per heavy atom. The molecule has 0 amide bonds. The highest BCUT2D eigenvalue weighted by atomic mass is 16.5. The zero-order valence-electron chi connectivity index (χ0n) is 22.2. The van der Waals surface area contributed by atoms with Crippen molar-refractivity contribution in [3.8, 4) is 0 Å². The summed E-state index contributed by atoms with van der Waals surface area (Å²) in [4.78, 5) is 12.2. The summed E-state index contributed by atoms with van der Waals surface area (Å²) in [7, 11) is 0. The molecule has 4 heteroatoms.